The van der Waals surface area contributed by atoms with Crippen LogP contribution in [0.3, 0.4) is 0 Å². The molecule has 0 spiro atoms. The van der Waals surface area contributed by atoms with Crippen molar-refractivity contribution in [2.75, 3.05) is 6.54 Å². The van der Waals surface area contributed by atoms with Crippen LogP contribution in [0.15, 0.2) is 36.4 Å². The third kappa shape index (κ3) is 1.90. The second-order valence-electron chi connectivity index (χ2n) is 5.83. The average Bonchev–Trinajstić information content (AvgIpc) is 2.86. The van der Waals surface area contributed by atoms with Crippen molar-refractivity contribution in [1.82, 2.24) is 4.98 Å². The van der Waals surface area contributed by atoms with E-state index in [1.807, 2.05) is 12.1 Å². The third-order valence-electron chi connectivity index (χ3n) is 4.58. The van der Waals surface area contributed by atoms with Crippen LogP contribution < -0.4 is 0 Å². The lowest BCUT2D eigenvalue weighted by Gasteiger charge is -2.19. The second kappa shape index (κ2) is 4.58. The Bertz CT molecular complexity index is 850. The van der Waals surface area contributed by atoms with Crippen molar-refractivity contribution >= 4 is 21.7 Å². The molecule has 1 aliphatic carbocycles. The molecule has 1 aromatic heterocycles. The first-order valence-corrected chi connectivity index (χ1v) is 7.38. The SMILES string of the molecule is O=[N+]([O-])C[C@@H]1CCCc2[nH]c3c(ccc4ccccc43)c21. The number of fused-ring (bicyclic) bond motifs is 5. The van der Waals surface area contributed by atoms with E-state index in [4.69, 9.17) is 0 Å². The number of H-pyrrole nitrogens is 1. The predicted octanol–water partition coefficient (Wildman–Crippen LogP) is 4.02. The highest BCUT2D eigenvalue weighted by Crippen LogP contribution is 2.39. The molecular weight excluding hydrogens is 264 g/mol. The summed E-state index contributed by atoms with van der Waals surface area (Å²) in [4.78, 5) is 14.3. The van der Waals surface area contributed by atoms with Crippen LogP contribution in [-0.2, 0) is 6.42 Å². The minimum Gasteiger partial charge on any atom is -0.358 e. The van der Waals surface area contributed by atoms with Crippen LogP contribution in [0, 0.1) is 10.1 Å². The molecule has 0 fully saturated rings. The summed E-state index contributed by atoms with van der Waals surface area (Å²) >= 11 is 0. The number of aryl methyl sites for hydroxylation is 1. The van der Waals surface area contributed by atoms with Crippen molar-refractivity contribution in [3.05, 3.63) is 57.8 Å². The molecule has 1 aliphatic rings. The summed E-state index contributed by atoms with van der Waals surface area (Å²) in [6, 6.07) is 12.5. The summed E-state index contributed by atoms with van der Waals surface area (Å²) in [6.07, 6.45) is 2.93. The zero-order chi connectivity index (χ0) is 14.4. The molecule has 0 bridgehead atoms. The van der Waals surface area contributed by atoms with Crippen molar-refractivity contribution < 1.29 is 4.92 Å². The van der Waals surface area contributed by atoms with E-state index in [1.54, 1.807) is 0 Å². The fourth-order valence-electron chi connectivity index (χ4n) is 3.71. The van der Waals surface area contributed by atoms with Crippen LogP contribution in [0.5, 0.6) is 0 Å². The van der Waals surface area contributed by atoms with Crippen LogP contribution in [0.1, 0.15) is 30.0 Å². The van der Waals surface area contributed by atoms with Gasteiger partial charge in [0.05, 0.1) is 11.4 Å². The predicted molar refractivity (Wildman–Crippen MR) is 83.3 cm³/mol. The van der Waals surface area contributed by atoms with Gasteiger partial charge in [0.2, 0.25) is 6.54 Å². The minimum absolute atomic E-state index is 0.0345. The topological polar surface area (TPSA) is 58.9 Å². The van der Waals surface area contributed by atoms with Crippen molar-refractivity contribution in [3.63, 3.8) is 0 Å². The van der Waals surface area contributed by atoms with E-state index in [9.17, 15) is 10.1 Å². The van der Waals surface area contributed by atoms with Gasteiger partial charge in [-0.15, -0.1) is 0 Å². The third-order valence-corrected chi connectivity index (χ3v) is 4.58. The Labute approximate surface area is 121 Å². The molecule has 0 saturated heterocycles. The van der Waals surface area contributed by atoms with Crippen LogP contribution in [0.25, 0.3) is 21.7 Å². The van der Waals surface area contributed by atoms with E-state index < -0.39 is 0 Å². The van der Waals surface area contributed by atoms with Gasteiger partial charge in [-0.2, -0.15) is 0 Å². The molecule has 2 aromatic carbocycles. The molecule has 4 rings (SSSR count). The molecular formula is C17H16N2O2. The number of nitrogens with zero attached hydrogens (tertiary/aromatic N) is 1. The normalized spacial score (nSPS) is 18.0. The van der Waals surface area contributed by atoms with Gasteiger partial charge in [0, 0.05) is 21.4 Å². The Morgan fingerprint density at radius 3 is 2.90 bits per heavy atom. The number of hydrogen-bond donors (Lipinski definition) is 1. The van der Waals surface area contributed by atoms with Crippen LogP contribution in [0.2, 0.25) is 0 Å². The molecule has 0 saturated carbocycles. The second-order valence-corrected chi connectivity index (χ2v) is 5.83. The van der Waals surface area contributed by atoms with Gasteiger partial charge in [0.25, 0.3) is 0 Å². The highest BCUT2D eigenvalue weighted by Gasteiger charge is 2.28. The Hall–Kier alpha value is -2.36. The number of nitrogens with one attached hydrogen (secondary N) is 1. The molecule has 1 heterocycles. The summed E-state index contributed by atoms with van der Waals surface area (Å²) in [5.41, 5.74) is 3.51. The maximum absolute atomic E-state index is 10.9. The van der Waals surface area contributed by atoms with Gasteiger partial charge in [-0.3, -0.25) is 10.1 Å². The summed E-state index contributed by atoms with van der Waals surface area (Å²) in [7, 11) is 0. The van der Waals surface area contributed by atoms with Gasteiger partial charge in [-0.25, -0.2) is 0 Å². The molecule has 1 N–H and O–H groups in total. The Kier molecular flexibility index (Phi) is 2.70. The summed E-state index contributed by atoms with van der Waals surface area (Å²) < 4.78 is 0. The van der Waals surface area contributed by atoms with Gasteiger partial charge >= 0.3 is 0 Å². The van der Waals surface area contributed by atoms with Gasteiger partial charge in [-0.1, -0.05) is 36.4 Å². The molecule has 106 valence electrons. The van der Waals surface area contributed by atoms with E-state index in [2.05, 4.69) is 29.2 Å². The lowest BCUT2D eigenvalue weighted by atomic mass is 9.85. The van der Waals surface area contributed by atoms with E-state index in [1.165, 1.54) is 22.0 Å². The van der Waals surface area contributed by atoms with Gasteiger partial charge < -0.3 is 4.98 Å². The first-order valence-electron chi connectivity index (χ1n) is 7.38. The number of benzene rings is 2. The van der Waals surface area contributed by atoms with E-state index >= 15 is 0 Å². The molecule has 0 aliphatic heterocycles. The highest BCUT2D eigenvalue weighted by molar-refractivity contribution is 6.07. The molecule has 0 unspecified atom stereocenters. The lowest BCUT2D eigenvalue weighted by molar-refractivity contribution is -0.483. The van der Waals surface area contributed by atoms with E-state index in [0.717, 1.165) is 30.2 Å². The van der Waals surface area contributed by atoms with Crippen LogP contribution >= 0.6 is 0 Å². The van der Waals surface area contributed by atoms with Crippen molar-refractivity contribution in [1.29, 1.82) is 0 Å². The first-order chi connectivity index (χ1) is 10.2. The summed E-state index contributed by atoms with van der Waals surface area (Å²) in [5.74, 6) is 0.0404. The van der Waals surface area contributed by atoms with E-state index in [0.29, 0.717) is 0 Å². The monoisotopic (exact) mass is 280 g/mol. The fourth-order valence-corrected chi connectivity index (χ4v) is 3.71. The Morgan fingerprint density at radius 2 is 2.05 bits per heavy atom. The molecule has 0 radical (unpaired) electrons. The lowest BCUT2D eigenvalue weighted by Crippen LogP contribution is -2.17. The minimum atomic E-state index is -0.181. The number of aromatic amines is 1. The quantitative estimate of drug-likeness (QED) is 0.569. The van der Waals surface area contributed by atoms with Gasteiger partial charge in [-0.05, 0) is 30.2 Å². The number of hydrogen-bond acceptors (Lipinski definition) is 2. The summed E-state index contributed by atoms with van der Waals surface area (Å²) in [5, 5.41) is 14.5. The fraction of sp³-hybridized carbons (Fsp3) is 0.294. The van der Waals surface area contributed by atoms with Crippen molar-refractivity contribution in [2.45, 2.75) is 25.2 Å². The van der Waals surface area contributed by atoms with Crippen molar-refractivity contribution in [2.24, 2.45) is 0 Å². The maximum Gasteiger partial charge on any atom is 0.210 e. The molecule has 0 amide bonds. The van der Waals surface area contributed by atoms with Crippen LogP contribution in [0.4, 0.5) is 0 Å². The number of nitro groups is 1. The highest BCUT2D eigenvalue weighted by atomic mass is 16.6. The number of aromatic nitrogens is 1. The standard InChI is InChI=1S/C17H16N2O2/c20-19(21)10-12-5-3-7-15-16(12)14-9-8-11-4-1-2-6-13(11)17(14)18-15/h1-2,4,6,8-9,12,18H,3,5,7,10H2/t12-/m0/s1. The molecule has 1 atom stereocenters. The van der Waals surface area contributed by atoms with Crippen molar-refractivity contribution in [3.8, 4) is 0 Å². The maximum atomic E-state index is 10.9. The molecule has 3 aromatic rings. The molecule has 21 heavy (non-hydrogen) atoms. The molecule has 4 heteroatoms. The molecule has 4 nitrogen and oxygen atoms in total. The van der Waals surface area contributed by atoms with Gasteiger partial charge in [0.1, 0.15) is 0 Å². The Morgan fingerprint density at radius 1 is 1.19 bits per heavy atom. The number of rotatable bonds is 2. The smallest absolute Gasteiger partial charge is 0.210 e. The summed E-state index contributed by atoms with van der Waals surface area (Å²) in [6.45, 7) is 0.0345. The van der Waals surface area contributed by atoms with E-state index in [-0.39, 0.29) is 17.4 Å². The van der Waals surface area contributed by atoms with Gasteiger partial charge in [0.15, 0.2) is 0 Å². The van der Waals surface area contributed by atoms with Crippen LogP contribution in [-0.4, -0.2) is 16.5 Å². The average molecular weight is 280 g/mol. The Balaban J connectivity index is 1.99. The largest absolute Gasteiger partial charge is 0.358 e. The zero-order valence-corrected chi connectivity index (χ0v) is 11.6. The zero-order valence-electron chi connectivity index (χ0n) is 11.6. The first kappa shape index (κ1) is 12.4.